The standard InChI is InChI=1S/C17H21F3N4O4S/c1-5-10(6-2)22-15-13(16(25)28-3)14(17(18,19)20)23-24(15)12-8-7-11(9-21-12)29(4,26)27/h7-10,22H,5-6H2,1-4H3. The summed E-state index contributed by atoms with van der Waals surface area (Å²) < 4.78 is 69.3. The summed E-state index contributed by atoms with van der Waals surface area (Å²) in [6.07, 6.45) is -1.78. The van der Waals surface area contributed by atoms with Gasteiger partial charge in [0.25, 0.3) is 0 Å². The van der Waals surface area contributed by atoms with Crippen LogP contribution in [0.4, 0.5) is 19.0 Å². The van der Waals surface area contributed by atoms with Crippen molar-refractivity contribution in [1.29, 1.82) is 0 Å². The normalized spacial score (nSPS) is 12.3. The highest BCUT2D eigenvalue weighted by molar-refractivity contribution is 7.90. The summed E-state index contributed by atoms with van der Waals surface area (Å²) >= 11 is 0. The van der Waals surface area contributed by atoms with Crippen LogP contribution in [0, 0.1) is 0 Å². The van der Waals surface area contributed by atoms with Gasteiger partial charge in [-0.2, -0.15) is 23.0 Å². The summed E-state index contributed by atoms with van der Waals surface area (Å²) in [7, 11) is -2.57. The quantitative estimate of drug-likeness (QED) is 0.668. The summed E-state index contributed by atoms with van der Waals surface area (Å²) in [5.74, 6) is -1.52. The van der Waals surface area contributed by atoms with Gasteiger partial charge in [-0.1, -0.05) is 13.8 Å². The van der Waals surface area contributed by atoms with E-state index in [2.05, 4.69) is 20.1 Å². The van der Waals surface area contributed by atoms with Gasteiger partial charge in [0.1, 0.15) is 11.4 Å². The van der Waals surface area contributed by atoms with Crippen molar-refractivity contribution >= 4 is 21.6 Å². The van der Waals surface area contributed by atoms with Gasteiger partial charge in [0.2, 0.25) is 0 Å². The van der Waals surface area contributed by atoms with Crippen LogP contribution in [-0.4, -0.2) is 48.6 Å². The lowest BCUT2D eigenvalue weighted by Crippen LogP contribution is -2.22. The number of pyridine rings is 1. The minimum absolute atomic E-state index is 0.0912. The van der Waals surface area contributed by atoms with Crippen molar-refractivity contribution in [1.82, 2.24) is 14.8 Å². The largest absolute Gasteiger partial charge is 0.465 e. The van der Waals surface area contributed by atoms with E-state index in [-0.39, 0.29) is 22.6 Å². The Bertz CT molecular complexity index is 981. The minimum Gasteiger partial charge on any atom is -0.465 e. The number of halogens is 3. The fourth-order valence-corrected chi connectivity index (χ4v) is 3.17. The maximum absolute atomic E-state index is 13.6. The second kappa shape index (κ2) is 8.39. The van der Waals surface area contributed by atoms with Crippen LogP contribution in [0.15, 0.2) is 23.2 Å². The molecule has 0 aliphatic rings. The summed E-state index contributed by atoms with van der Waals surface area (Å²) in [6.45, 7) is 3.67. The van der Waals surface area contributed by atoms with Crippen molar-refractivity contribution in [3.8, 4) is 5.82 Å². The molecule has 0 atom stereocenters. The number of aromatic nitrogens is 3. The Morgan fingerprint density at radius 3 is 2.31 bits per heavy atom. The van der Waals surface area contributed by atoms with Gasteiger partial charge < -0.3 is 10.1 Å². The van der Waals surface area contributed by atoms with Gasteiger partial charge in [0.15, 0.2) is 21.3 Å². The first-order valence-corrected chi connectivity index (χ1v) is 10.5. The number of rotatable bonds is 7. The molecule has 2 heterocycles. The lowest BCUT2D eigenvalue weighted by atomic mass is 10.1. The van der Waals surface area contributed by atoms with Crippen molar-refractivity contribution < 1.29 is 31.1 Å². The third-order valence-electron chi connectivity index (χ3n) is 4.24. The lowest BCUT2D eigenvalue weighted by molar-refractivity contribution is -0.141. The highest BCUT2D eigenvalue weighted by atomic mass is 32.2. The van der Waals surface area contributed by atoms with Gasteiger partial charge >= 0.3 is 12.1 Å². The van der Waals surface area contributed by atoms with Crippen LogP contribution in [0.2, 0.25) is 0 Å². The molecule has 0 aliphatic heterocycles. The molecule has 0 amide bonds. The fraction of sp³-hybridized carbons (Fsp3) is 0.471. The molecule has 0 bridgehead atoms. The smallest absolute Gasteiger partial charge is 0.436 e. The second-order valence-electron chi connectivity index (χ2n) is 6.26. The average molecular weight is 434 g/mol. The number of sulfone groups is 1. The van der Waals surface area contributed by atoms with Gasteiger partial charge in [-0.05, 0) is 25.0 Å². The van der Waals surface area contributed by atoms with Crippen LogP contribution in [0.3, 0.4) is 0 Å². The third kappa shape index (κ3) is 4.86. The zero-order valence-electron chi connectivity index (χ0n) is 16.2. The monoisotopic (exact) mass is 434 g/mol. The molecule has 160 valence electrons. The molecule has 0 fully saturated rings. The van der Waals surface area contributed by atoms with Crippen LogP contribution < -0.4 is 5.32 Å². The van der Waals surface area contributed by atoms with Gasteiger partial charge in [0, 0.05) is 18.5 Å². The van der Waals surface area contributed by atoms with Crippen LogP contribution in [-0.2, 0) is 20.8 Å². The first-order chi connectivity index (χ1) is 13.4. The summed E-state index contributed by atoms with van der Waals surface area (Å²) in [4.78, 5) is 16.0. The first kappa shape index (κ1) is 22.7. The number of anilines is 1. The third-order valence-corrected chi connectivity index (χ3v) is 5.33. The Hall–Kier alpha value is -2.63. The highest BCUT2D eigenvalue weighted by Crippen LogP contribution is 2.36. The number of methoxy groups -OCH3 is 1. The van der Waals surface area contributed by atoms with E-state index in [1.807, 2.05) is 13.8 Å². The molecule has 2 rings (SSSR count). The number of ether oxygens (including phenoxy) is 1. The molecule has 1 N–H and O–H groups in total. The van der Waals surface area contributed by atoms with E-state index in [0.29, 0.717) is 12.8 Å². The van der Waals surface area contributed by atoms with Gasteiger partial charge in [0.05, 0.1) is 12.0 Å². The second-order valence-corrected chi connectivity index (χ2v) is 8.27. The molecule has 0 saturated carbocycles. The molecule has 2 aromatic rings. The Balaban J connectivity index is 2.75. The molecule has 0 aromatic carbocycles. The summed E-state index contributed by atoms with van der Waals surface area (Å²) in [5.41, 5.74) is -2.19. The maximum Gasteiger partial charge on any atom is 0.436 e. The number of nitrogens with zero attached hydrogens (tertiary/aromatic N) is 3. The molecule has 0 spiro atoms. The molecule has 2 aromatic heterocycles. The predicted octanol–water partition coefficient (Wildman–Crippen LogP) is 3.08. The van der Waals surface area contributed by atoms with E-state index in [1.54, 1.807) is 0 Å². The first-order valence-electron chi connectivity index (χ1n) is 8.65. The molecule has 0 radical (unpaired) electrons. The van der Waals surface area contributed by atoms with Crippen molar-refractivity contribution in [2.75, 3.05) is 18.7 Å². The zero-order chi connectivity index (χ0) is 22.0. The number of carbonyl (C=O) groups is 1. The molecule has 29 heavy (non-hydrogen) atoms. The molecular formula is C17H21F3N4O4S. The van der Waals surface area contributed by atoms with Crippen LogP contribution in [0.5, 0.6) is 0 Å². The van der Waals surface area contributed by atoms with E-state index in [0.717, 1.165) is 24.2 Å². The Labute approximate surface area is 166 Å². The van der Waals surface area contributed by atoms with E-state index in [9.17, 15) is 26.4 Å². The molecular weight excluding hydrogens is 413 g/mol. The van der Waals surface area contributed by atoms with Gasteiger partial charge in [-0.25, -0.2) is 18.2 Å². The van der Waals surface area contributed by atoms with E-state index >= 15 is 0 Å². The van der Waals surface area contributed by atoms with Crippen molar-refractivity contribution in [3.63, 3.8) is 0 Å². The van der Waals surface area contributed by atoms with Crippen LogP contribution in [0.1, 0.15) is 42.7 Å². The fourth-order valence-electron chi connectivity index (χ4n) is 2.61. The van der Waals surface area contributed by atoms with Crippen molar-refractivity contribution in [3.05, 3.63) is 29.6 Å². The predicted molar refractivity (Wildman–Crippen MR) is 98.8 cm³/mol. The van der Waals surface area contributed by atoms with Crippen molar-refractivity contribution in [2.24, 2.45) is 0 Å². The summed E-state index contributed by atoms with van der Waals surface area (Å²) in [6, 6.07) is 2.17. The van der Waals surface area contributed by atoms with Gasteiger partial charge in [-0.3, -0.25) is 0 Å². The van der Waals surface area contributed by atoms with Gasteiger partial charge in [-0.15, -0.1) is 0 Å². The Morgan fingerprint density at radius 2 is 1.90 bits per heavy atom. The SMILES string of the molecule is CCC(CC)Nc1c(C(=O)OC)c(C(F)(F)F)nn1-c1ccc(S(C)(=O)=O)cn1. The van der Waals surface area contributed by atoms with Crippen LogP contribution in [0.25, 0.3) is 5.82 Å². The van der Waals surface area contributed by atoms with Crippen molar-refractivity contribution in [2.45, 2.75) is 43.8 Å². The van der Waals surface area contributed by atoms with E-state index < -0.39 is 33.2 Å². The Kier molecular flexibility index (Phi) is 6.56. The molecule has 0 saturated heterocycles. The zero-order valence-corrected chi connectivity index (χ0v) is 17.1. The molecule has 0 aliphatic carbocycles. The van der Waals surface area contributed by atoms with Crippen LogP contribution >= 0.6 is 0 Å². The number of alkyl halides is 3. The lowest BCUT2D eigenvalue weighted by Gasteiger charge is -2.18. The molecule has 0 unspecified atom stereocenters. The molecule has 8 nitrogen and oxygen atoms in total. The maximum atomic E-state index is 13.6. The Morgan fingerprint density at radius 1 is 1.28 bits per heavy atom. The number of hydrogen-bond donors (Lipinski definition) is 1. The number of nitrogens with one attached hydrogen (secondary N) is 1. The van der Waals surface area contributed by atoms with E-state index in [1.165, 1.54) is 12.1 Å². The highest BCUT2D eigenvalue weighted by Gasteiger charge is 2.43. The topological polar surface area (TPSA) is 103 Å². The molecule has 12 heteroatoms. The number of esters is 1. The number of hydrogen-bond acceptors (Lipinski definition) is 7. The van der Waals surface area contributed by atoms with E-state index in [4.69, 9.17) is 0 Å². The summed E-state index contributed by atoms with van der Waals surface area (Å²) in [5, 5.41) is 6.46. The minimum atomic E-state index is -4.92. The number of carbonyl (C=O) groups excluding carboxylic acids is 1. The average Bonchev–Trinajstić information content (AvgIpc) is 3.04.